The highest BCUT2D eigenvalue weighted by Crippen LogP contribution is 2.30. The lowest BCUT2D eigenvalue weighted by Crippen LogP contribution is -2.39. The van der Waals surface area contributed by atoms with Gasteiger partial charge in [-0.2, -0.15) is 0 Å². The molecule has 1 aromatic rings. The van der Waals surface area contributed by atoms with Gasteiger partial charge in [0, 0.05) is 32.2 Å². The van der Waals surface area contributed by atoms with Crippen molar-refractivity contribution < 1.29 is 13.2 Å². The van der Waals surface area contributed by atoms with E-state index in [9.17, 15) is 8.42 Å². The fourth-order valence-electron chi connectivity index (χ4n) is 2.79. The van der Waals surface area contributed by atoms with Crippen LogP contribution in [0.5, 0.6) is 5.75 Å². The van der Waals surface area contributed by atoms with Crippen molar-refractivity contribution in [3.8, 4) is 5.75 Å². The zero-order chi connectivity index (χ0) is 21.3. The van der Waals surface area contributed by atoms with Gasteiger partial charge in [-0.15, -0.1) is 24.0 Å². The summed E-state index contributed by atoms with van der Waals surface area (Å²) in [7, 11) is -1.50. The van der Waals surface area contributed by atoms with Crippen LogP contribution in [0.3, 0.4) is 0 Å². The van der Waals surface area contributed by atoms with E-state index in [2.05, 4.69) is 40.7 Å². The summed E-state index contributed by atoms with van der Waals surface area (Å²) in [5.41, 5.74) is 2.25. The first-order valence-corrected chi connectivity index (χ1v) is 12.1. The van der Waals surface area contributed by atoms with Crippen LogP contribution in [0.15, 0.2) is 23.2 Å². The minimum Gasteiger partial charge on any atom is -0.493 e. The molecule has 1 aromatic carbocycles. The topological polar surface area (TPSA) is 83.0 Å². The maximum Gasteiger partial charge on any atom is 0.213 e. The summed E-state index contributed by atoms with van der Waals surface area (Å²) >= 11 is 0. The quantitative estimate of drug-likeness (QED) is 0.180. The molecule has 30 heavy (non-hydrogen) atoms. The molecule has 0 heterocycles. The molecule has 1 fully saturated rings. The molecular weight excluding hydrogens is 515 g/mol. The third-order valence-electron chi connectivity index (χ3n) is 4.93. The minimum absolute atomic E-state index is 0. The van der Waals surface area contributed by atoms with E-state index in [0.717, 1.165) is 30.4 Å². The predicted octanol–water partition coefficient (Wildman–Crippen LogP) is 3.13. The van der Waals surface area contributed by atoms with Gasteiger partial charge >= 0.3 is 0 Å². The molecule has 0 unspecified atom stereocenters. The average molecular weight is 553 g/mol. The first kappa shape index (κ1) is 27.0. The standard InChI is InChI=1S/C21H36N4O3S.HI/c1-5-22-21(23-12-7-13-25(4)29(26,27)6-2)24-15-19-11-8-17(3)14-20(19)28-16-18-9-10-18;/h8,11,14,18H,5-7,9-10,12-13,15-16H2,1-4H3,(H2,22,23,24);1H. The number of benzene rings is 1. The average Bonchev–Trinajstić information content (AvgIpc) is 3.52. The number of aliphatic imine (C=N–C) groups is 1. The number of hydrogen-bond donors (Lipinski definition) is 2. The summed E-state index contributed by atoms with van der Waals surface area (Å²) in [5, 5.41) is 6.52. The normalized spacial score (nSPS) is 14.4. The van der Waals surface area contributed by atoms with Crippen molar-refractivity contribution in [2.45, 2.75) is 46.6 Å². The predicted molar refractivity (Wildman–Crippen MR) is 134 cm³/mol. The molecule has 2 N–H and O–H groups in total. The molecule has 0 amide bonds. The molecule has 0 bridgehead atoms. The largest absolute Gasteiger partial charge is 0.493 e. The molecule has 2 rings (SSSR count). The number of aryl methyl sites for hydroxylation is 1. The lowest BCUT2D eigenvalue weighted by Gasteiger charge is -2.17. The SMILES string of the molecule is CCNC(=NCc1ccc(C)cc1OCC1CC1)NCCCN(C)S(=O)(=O)CC.I. The molecule has 1 aliphatic rings. The van der Waals surface area contributed by atoms with Gasteiger partial charge in [0.25, 0.3) is 0 Å². The van der Waals surface area contributed by atoms with Crippen molar-refractivity contribution in [2.75, 3.05) is 39.0 Å². The molecule has 0 aliphatic heterocycles. The molecule has 0 saturated heterocycles. The van der Waals surface area contributed by atoms with E-state index in [1.54, 1.807) is 14.0 Å². The van der Waals surface area contributed by atoms with Gasteiger partial charge in [-0.1, -0.05) is 12.1 Å². The highest BCUT2D eigenvalue weighted by molar-refractivity contribution is 14.0. The zero-order valence-electron chi connectivity index (χ0n) is 18.6. The molecule has 172 valence electrons. The molecule has 0 atom stereocenters. The maximum absolute atomic E-state index is 11.8. The second-order valence-corrected chi connectivity index (χ2v) is 9.93. The van der Waals surface area contributed by atoms with E-state index in [0.29, 0.717) is 32.0 Å². The Kier molecular flexibility index (Phi) is 12.0. The van der Waals surface area contributed by atoms with Gasteiger partial charge in [-0.3, -0.25) is 0 Å². The van der Waals surface area contributed by atoms with Crippen LogP contribution >= 0.6 is 24.0 Å². The monoisotopic (exact) mass is 552 g/mol. The Morgan fingerprint density at radius 2 is 2.00 bits per heavy atom. The fraction of sp³-hybridized carbons (Fsp3) is 0.667. The molecular formula is C21H37IN4O3S. The first-order chi connectivity index (χ1) is 13.9. The smallest absolute Gasteiger partial charge is 0.213 e. The van der Waals surface area contributed by atoms with Gasteiger partial charge in [0.05, 0.1) is 18.9 Å². The van der Waals surface area contributed by atoms with Crippen LogP contribution in [0.4, 0.5) is 0 Å². The Balaban J connectivity index is 0.00000450. The van der Waals surface area contributed by atoms with Crippen molar-refractivity contribution in [1.82, 2.24) is 14.9 Å². The van der Waals surface area contributed by atoms with Gasteiger partial charge in [0.1, 0.15) is 5.75 Å². The molecule has 9 heteroatoms. The highest BCUT2D eigenvalue weighted by Gasteiger charge is 2.22. The number of hydrogen-bond acceptors (Lipinski definition) is 4. The molecule has 0 spiro atoms. The second-order valence-electron chi connectivity index (χ2n) is 7.56. The van der Waals surface area contributed by atoms with E-state index in [1.165, 1.54) is 22.7 Å². The van der Waals surface area contributed by atoms with Crippen LogP contribution < -0.4 is 15.4 Å². The van der Waals surface area contributed by atoms with Gasteiger partial charge in [-0.25, -0.2) is 17.7 Å². The maximum atomic E-state index is 11.8. The van der Waals surface area contributed by atoms with Crippen molar-refractivity contribution in [1.29, 1.82) is 0 Å². The lowest BCUT2D eigenvalue weighted by molar-refractivity contribution is 0.296. The van der Waals surface area contributed by atoms with E-state index < -0.39 is 10.0 Å². The Bertz CT molecular complexity index is 782. The number of nitrogens with zero attached hydrogens (tertiary/aromatic N) is 2. The van der Waals surface area contributed by atoms with Gasteiger partial charge in [0.2, 0.25) is 10.0 Å². The molecule has 1 saturated carbocycles. The number of guanidine groups is 1. The van der Waals surface area contributed by atoms with E-state index >= 15 is 0 Å². The van der Waals surface area contributed by atoms with Gasteiger partial charge in [0.15, 0.2) is 5.96 Å². The lowest BCUT2D eigenvalue weighted by atomic mass is 10.1. The first-order valence-electron chi connectivity index (χ1n) is 10.5. The zero-order valence-corrected chi connectivity index (χ0v) is 21.8. The highest BCUT2D eigenvalue weighted by atomic mass is 127. The van der Waals surface area contributed by atoms with E-state index in [1.807, 2.05) is 6.92 Å². The minimum atomic E-state index is -3.13. The molecule has 0 radical (unpaired) electrons. The Labute approximate surface area is 199 Å². The second kappa shape index (κ2) is 13.4. The number of ether oxygens (including phenoxy) is 1. The van der Waals surface area contributed by atoms with Crippen LogP contribution in [-0.2, 0) is 16.6 Å². The fourth-order valence-corrected chi connectivity index (χ4v) is 3.64. The Hall–Kier alpha value is -1.07. The summed E-state index contributed by atoms with van der Waals surface area (Å²) in [6.07, 6.45) is 3.24. The van der Waals surface area contributed by atoms with Crippen LogP contribution in [0.2, 0.25) is 0 Å². The van der Waals surface area contributed by atoms with Crippen LogP contribution in [0.25, 0.3) is 0 Å². The van der Waals surface area contributed by atoms with Gasteiger partial charge < -0.3 is 15.4 Å². The van der Waals surface area contributed by atoms with Crippen LogP contribution in [0, 0.1) is 12.8 Å². The van der Waals surface area contributed by atoms with Crippen molar-refractivity contribution in [2.24, 2.45) is 10.9 Å². The Morgan fingerprint density at radius 1 is 1.27 bits per heavy atom. The van der Waals surface area contributed by atoms with E-state index in [4.69, 9.17) is 4.74 Å². The number of nitrogens with one attached hydrogen (secondary N) is 2. The molecule has 1 aliphatic carbocycles. The molecule has 7 nitrogen and oxygen atoms in total. The number of rotatable bonds is 12. The van der Waals surface area contributed by atoms with Gasteiger partial charge in [-0.05, 0) is 57.6 Å². The summed E-state index contributed by atoms with van der Waals surface area (Å²) < 4.78 is 31.0. The summed E-state index contributed by atoms with van der Waals surface area (Å²) in [6.45, 7) is 8.95. The number of halogens is 1. The molecule has 0 aromatic heterocycles. The van der Waals surface area contributed by atoms with Crippen molar-refractivity contribution in [3.63, 3.8) is 0 Å². The third kappa shape index (κ3) is 9.38. The van der Waals surface area contributed by atoms with Crippen molar-refractivity contribution >= 4 is 40.0 Å². The van der Waals surface area contributed by atoms with Crippen LogP contribution in [-0.4, -0.2) is 57.7 Å². The van der Waals surface area contributed by atoms with Crippen LogP contribution in [0.1, 0.15) is 44.2 Å². The Morgan fingerprint density at radius 3 is 2.63 bits per heavy atom. The third-order valence-corrected chi connectivity index (χ3v) is 6.79. The summed E-state index contributed by atoms with van der Waals surface area (Å²) in [5.74, 6) is 2.48. The summed E-state index contributed by atoms with van der Waals surface area (Å²) in [4.78, 5) is 4.68. The summed E-state index contributed by atoms with van der Waals surface area (Å²) in [6, 6.07) is 6.24. The van der Waals surface area contributed by atoms with Crippen molar-refractivity contribution in [3.05, 3.63) is 29.3 Å². The van der Waals surface area contributed by atoms with E-state index in [-0.39, 0.29) is 29.7 Å². The number of sulfonamides is 1.